The molecule has 31 heavy (non-hydrogen) atoms. The van der Waals surface area contributed by atoms with Gasteiger partial charge in [-0.3, -0.25) is 9.59 Å². The Bertz CT molecular complexity index is 951. The zero-order valence-corrected chi connectivity index (χ0v) is 20.5. The molecule has 0 radical (unpaired) electrons. The molecule has 0 bridgehead atoms. The van der Waals surface area contributed by atoms with E-state index in [0.29, 0.717) is 24.6 Å². The lowest BCUT2D eigenvalue weighted by atomic mass is 9.99. The molecule has 2 heterocycles. The number of ether oxygens (including phenoxy) is 1. The standard InChI is InChI=1S/C24H31ClN2O3S/c1-6-22(28)27(24(3,4)5)14-23(29)26-11-9-21-18(10-12-31-21)20(26)15-30-17-7-8-19(25)16(2)13-17/h7-8,10,12-13,20H,6,9,11,14-15H2,1-5H3. The second kappa shape index (κ2) is 9.61. The first kappa shape index (κ1) is 23.6. The van der Waals surface area contributed by atoms with Gasteiger partial charge in [0.15, 0.2) is 0 Å². The molecule has 0 N–H and O–H groups in total. The minimum Gasteiger partial charge on any atom is -0.491 e. The van der Waals surface area contributed by atoms with E-state index in [9.17, 15) is 9.59 Å². The van der Waals surface area contributed by atoms with E-state index in [1.165, 1.54) is 4.88 Å². The van der Waals surface area contributed by atoms with E-state index in [1.54, 1.807) is 16.2 Å². The van der Waals surface area contributed by atoms with Gasteiger partial charge in [-0.1, -0.05) is 18.5 Å². The average Bonchev–Trinajstić information content (AvgIpc) is 3.20. The van der Waals surface area contributed by atoms with Crippen molar-refractivity contribution in [1.82, 2.24) is 9.80 Å². The minimum absolute atomic E-state index is 0.0153. The molecule has 2 aromatic rings. The lowest BCUT2D eigenvalue weighted by Crippen LogP contribution is -2.53. The lowest BCUT2D eigenvalue weighted by Gasteiger charge is -2.40. The Kier molecular flexibility index (Phi) is 7.32. The highest BCUT2D eigenvalue weighted by Crippen LogP contribution is 2.34. The maximum absolute atomic E-state index is 13.4. The third-order valence-corrected chi connectivity index (χ3v) is 7.08. The number of carbonyl (C=O) groups is 2. The number of aryl methyl sites for hydroxylation is 1. The maximum Gasteiger partial charge on any atom is 0.242 e. The van der Waals surface area contributed by atoms with Crippen molar-refractivity contribution in [2.24, 2.45) is 0 Å². The number of halogens is 1. The van der Waals surface area contributed by atoms with Gasteiger partial charge in [0.25, 0.3) is 0 Å². The maximum atomic E-state index is 13.4. The van der Waals surface area contributed by atoms with E-state index in [0.717, 1.165) is 23.3 Å². The molecule has 168 valence electrons. The Morgan fingerprint density at radius 1 is 1.29 bits per heavy atom. The van der Waals surface area contributed by atoms with Crippen molar-refractivity contribution in [3.63, 3.8) is 0 Å². The van der Waals surface area contributed by atoms with Crippen molar-refractivity contribution in [2.75, 3.05) is 19.7 Å². The fourth-order valence-corrected chi connectivity index (χ4v) is 4.92. The van der Waals surface area contributed by atoms with Crippen LogP contribution in [0.2, 0.25) is 5.02 Å². The Morgan fingerprint density at radius 2 is 2.03 bits per heavy atom. The topological polar surface area (TPSA) is 49.9 Å². The zero-order valence-electron chi connectivity index (χ0n) is 18.9. The summed E-state index contributed by atoms with van der Waals surface area (Å²) >= 11 is 7.85. The van der Waals surface area contributed by atoms with Crippen LogP contribution in [0, 0.1) is 6.92 Å². The number of benzene rings is 1. The first-order valence-corrected chi connectivity index (χ1v) is 11.9. The van der Waals surface area contributed by atoms with E-state index < -0.39 is 5.54 Å². The van der Waals surface area contributed by atoms with Gasteiger partial charge < -0.3 is 14.5 Å². The summed E-state index contributed by atoms with van der Waals surface area (Å²) in [6, 6.07) is 7.48. The fraction of sp³-hybridized carbons (Fsp3) is 0.500. The van der Waals surface area contributed by atoms with Crippen molar-refractivity contribution in [3.05, 3.63) is 50.7 Å². The minimum atomic E-state index is -0.418. The molecule has 2 amide bonds. The Balaban J connectivity index is 1.81. The SMILES string of the molecule is CCC(=O)N(CC(=O)N1CCc2sccc2C1COc1ccc(Cl)c(C)c1)C(C)(C)C. The lowest BCUT2D eigenvalue weighted by molar-refractivity contribution is -0.146. The molecule has 7 heteroatoms. The Morgan fingerprint density at radius 3 is 2.68 bits per heavy atom. The van der Waals surface area contributed by atoms with Gasteiger partial charge in [0.1, 0.15) is 18.9 Å². The van der Waals surface area contributed by atoms with Crippen LogP contribution in [-0.4, -0.2) is 46.8 Å². The molecule has 0 saturated carbocycles. The first-order valence-electron chi connectivity index (χ1n) is 10.7. The van der Waals surface area contributed by atoms with E-state index >= 15 is 0 Å². The van der Waals surface area contributed by atoms with Crippen molar-refractivity contribution >= 4 is 34.8 Å². The number of carbonyl (C=O) groups excluding carboxylic acids is 2. The van der Waals surface area contributed by atoms with Crippen molar-refractivity contribution < 1.29 is 14.3 Å². The highest BCUT2D eigenvalue weighted by atomic mass is 35.5. The third-order valence-electron chi connectivity index (χ3n) is 5.66. The molecule has 0 aliphatic carbocycles. The predicted octanol–water partition coefficient (Wildman–Crippen LogP) is 5.25. The summed E-state index contributed by atoms with van der Waals surface area (Å²) in [5.41, 5.74) is 1.67. The van der Waals surface area contributed by atoms with Crippen LogP contribution in [0.25, 0.3) is 0 Å². The number of hydrogen-bond acceptors (Lipinski definition) is 4. The van der Waals surface area contributed by atoms with E-state index in [-0.39, 0.29) is 24.4 Å². The van der Waals surface area contributed by atoms with Crippen LogP contribution in [0.3, 0.4) is 0 Å². The molecule has 5 nitrogen and oxygen atoms in total. The highest BCUT2D eigenvalue weighted by molar-refractivity contribution is 7.10. The Hall–Kier alpha value is -2.05. The molecule has 1 aliphatic heterocycles. The van der Waals surface area contributed by atoms with Gasteiger partial charge in [0, 0.05) is 28.4 Å². The first-order chi connectivity index (χ1) is 14.6. The zero-order chi connectivity index (χ0) is 22.8. The molecular weight excluding hydrogens is 432 g/mol. The molecular formula is C24H31ClN2O3S. The number of fused-ring (bicyclic) bond motifs is 1. The van der Waals surface area contributed by atoms with Gasteiger partial charge in [-0.05, 0) is 74.9 Å². The van der Waals surface area contributed by atoms with Crippen LogP contribution in [0.1, 0.15) is 56.2 Å². The fourth-order valence-electron chi connectivity index (χ4n) is 3.87. The molecule has 0 spiro atoms. The normalized spacial score (nSPS) is 16.1. The number of thiophene rings is 1. The average molecular weight is 463 g/mol. The second-order valence-corrected chi connectivity index (χ2v) is 10.3. The van der Waals surface area contributed by atoms with Crippen molar-refractivity contribution in [3.8, 4) is 5.75 Å². The summed E-state index contributed by atoms with van der Waals surface area (Å²) < 4.78 is 6.10. The number of nitrogens with zero attached hydrogens (tertiary/aromatic N) is 2. The Labute approximate surface area is 193 Å². The largest absolute Gasteiger partial charge is 0.491 e. The highest BCUT2D eigenvalue weighted by Gasteiger charge is 2.35. The van der Waals surface area contributed by atoms with E-state index in [2.05, 4.69) is 11.4 Å². The van der Waals surface area contributed by atoms with E-state index in [1.807, 2.05) is 57.7 Å². The molecule has 1 aliphatic rings. The van der Waals surface area contributed by atoms with Crippen LogP contribution >= 0.6 is 22.9 Å². The van der Waals surface area contributed by atoms with Crippen molar-refractivity contribution in [1.29, 1.82) is 0 Å². The molecule has 1 aromatic carbocycles. The van der Waals surface area contributed by atoms with Gasteiger partial charge in [0.05, 0.1) is 6.04 Å². The molecule has 0 saturated heterocycles. The summed E-state index contributed by atoms with van der Waals surface area (Å²) in [5, 5.41) is 2.77. The molecule has 0 fully saturated rings. The third kappa shape index (κ3) is 5.42. The second-order valence-electron chi connectivity index (χ2n) is 8.88. The summed E-state index contributed by atoms with van der Waals surface area (Å²) in [6.07, 6.45) is 1.20. The van der Waals surface area contributed by atoms with Crippen LogP contribution < -0.4 is 4.74 Å². The number of amides is 2. The van der Waals surface area contributed by atoms with Crippen LogP contribution in [0.5, 0.6) is 5.75 Å². The summed E-state index contributed by atoms with van der Waals surface area (Å²) in [5.74, 6) is 0.669. The molecule has 1 atom stereocenters. The quantitative estimate of drug-likeness (QED) is 0.588. The van der Waals surface area contributed by atoms with Crippen LogP contribution in [0.4, 0.5) is 0 Å². The molecule has 1 unspecified atom stereocenters. The molecule has 3 rings (SSSR count). The monoisotopic (exact) mass is 462 g/mol. The van der Waals surface area contributed by atoms with Crippen molar-refractivity contribution in [2.45, 2.75) is 59.0 Å². The number of hydrogen-bond donors (Lipinski definition) is 0. The van der Waals surface area contributed by atoms with E-state index in [4.69, 9.17) is 16.3 Å². The smallest absolute Gasteiger partial charge is 0.242 e. The van der Waals surface area contributed by atoms with Crippen LogP contribution in [-0.2, 0) is 16.0 Å². The van der Waals surface area contributed by atoms with Gasteiger partial charge in [-0.25, -0.2) is 0 Å². The predicted molar refractivity (Wildman–Crippen MR) is 126 cm³/mol. The van der Waals surface area contributed by atoms with Gasteiger partial charge in [0.2, 0.25) is 11.8 Å². The van der Waals surface area contributed by atoms with Gasteiger partial charge in [-0.15, -0.1) is 11.3 Å². The van der Waals surface area contributed by atoms with Crippen LogP contribution in [0.15, 0.2) is 29.6 Å². The summed E-state index contributed by atoms with van der Waals surface area (Å²) in [4.78, 5) is 30.7. The summed E-state index contributed by atoms with van der Waals surface area (Å²) in [7, 11) is 0. The van der Waals surface area contributed by atoms with Gasteiger partial charge >= 0.3 is 0 Å². The molecule has 1 aromatic heterocycles. The summed E-state index contributed by atoms with van der Waals surface area (Å²) in [6.45, 7) is 10.7. The van der Waals surface area contributed by atoms with Gasteiger partial charge in [-0.2, -0.15) is 0 Å². The number of rotatable bonds is 6.